The van der Waals surface area contributed by atoms with Crippen molar-refractivity contribution in [1.82, 2.24) is 5.32 Å². The third-order valence-corrected chi connectivity index (χ3v) is 2.21. The topological polar surface area (TPSA) is 41.5 Å². The maximum absolute atomic E-state index is 10.4. The minimum absolute atomic E-state index is 0.148. The van der Waals surface area contributed by atoms with Gasteiger partial charge in [-0.3, -0.25) is 9.79 Å². The van der Waals surface area contributed by atoms with Crippen LogP contribution >= 0.6 is 0 Å². The van der Waals surface area contributed by atoms with Crippen molar-refractivity contribution < 1.29 is 4.79 Å². The molecule has 0 saturated heterocycles. The van der Waals surface area contributed by atoms with Crippen molar-refractivity contribution in [3.8, 4) is 0 Å². The number of carbonyl (C=O) groups excluding carboxylic acids is 1. The quantitative estimate of drug-likeness (QED) is 0.628. The molecule has 3 heteroatoms. The second kappa shape index (κ2) is 5.62. The Bertz CT molecular complexity index is 399. The van der Waals surface area contributed by atoms with Crippen molar-refractivity contribution in [3.63, 3.8) is 0 Å². The lowest BCUT2D eigenvalue weighted by Gasteiger charge is -2.16. The Labute approximate surface area is 103 Å². The van der Waals surface area contributed by atoms with Crippen molar-refractivity contribution in [2.75, 3.05) is 6.54 Å². The van der Waals surface area contributed by atoms with E-state index in [-0.39, 0.29) is 5.54 Å². The van der Waals surface area contributed by atoms with Crippen LogP contribution in [0.25, 0.3) is 0 Å². The van der Waals surface area contributed by atoms with Gasteiger partial charge in [-0.15, -0.1) is 0 Å². The molecule has 1 rings (SSSR count). The van der Waals surface area contributed by atoms with E-state index < -0.39 is 0 Å². The van der Waals surface area contributed by atoms with Crippen LogP contribution in [0.1, 0.15) is 31.9 Å². The number of aryl methyl sites for hydroxylation is 1. The van der Waals surface area contributed by atoms with E-state index in [0.29, 0.717) is 13.0 Å². The molecule has 0 aliphatic rings. The summed E-state index contributed by atoms with van der Waals surface area (Å²) in [7, 11) is 0. The number of rotatable bonds is 4. The molecule has 0 spiro atoms. The predicted octanol–water partition coefficient (Wildman–Crippen LogP) is 2.33. The van der Waals surface area contributed by atoms with Gasteiger partial charge in [-0.1, -0.05) is 29.8 Å². The molecule has 0 bridgehead atoms. The van der Waals surface area contributed by atoms with Gasteiger partial charge < -0.3 is 5.32 Å². The first-order valence-electron chi connectivity index (χ1n) is 5.75. The molecule has 0 aliphatic heterocycles. The monoisotopic (exact) mass is 232 g/mol. The number of benzene rings is 1. The third-order valence-electron chi connectivity index (χ3n) is 2.21. The van der Waals surface area contributed by atoms with Gasteiger partial charge in [-0.25, -0.2) is 0 Å². The molecule has 0 aromatic heterocycles. The van der Waals surface area contributed by atoms with Crippen LogP contribution in [-0.4, -0.2) is 24.2 Å². The van der Waals surface area contributed by atoms with Crippen molar-refractivity contribution in [3.05, 3.63) is 35.4 Å². The lowest BCUT2D eigenvalue weighted by atomic mass is 10.1. The van der Waals surface area contributed by atoms with E-state index in [2.05, 4.69) is 22.4 Å². The highest BCUT2D eigenvalue weighted by atomic mass is 16.1. The average molecular weight is 232 g/mol. The van der Waals surface area contributed by atoms with Gasteiger partial charge in [0.2, 0.25) is 6.41 Å². The summed E-state index contributed by atoms with van der Waals surface area (Å²) >= 11 is 0. The van der Waals surface area contributed by atoms with Crippen molar-refractivity contribution in [1.29, 1.82) is 0 Å². The van der Waals surface area contributed by atoms with E-state index in [0.717, 1.165) is 11.3 Å². The van der Waals surface area contributed by atoms with E-state index in [4.69, 9.17) is 0 Å². The fourth-order valence-electron chi connectivity index (χ4n) is 1.50. The van der Waals surface area contributed by atoms with E-state index >= 15 is 0 Å². The number of aliphatic imine (C=N–C) groups is 1. The maximum Gasteiger partial charge on any atom is 0.207 e. The standard InChI is InChI=1S/C14H20N2O/c1-11-5-7-12(8-6-11)13(9-15-10-17)16-14(2,3)4/h5-8,10H,9H2,1-4H3,(H,15,17). The second-order valence-corrected chi connectivity index (χ2v) is 5.09. The number of nitrogens with one attached hydrogen (secondary N) is 1. The molecule has 1 amide bonds. The zero-order chi connectivity index (χ0) is 12.9. The molecule has 0 radical (unpaired) electrons. The van der Waals surface area contributed by atoms with Crippen molar-refractivity contribution in [2.45, 2.75) is 33.2 Å². The minimum atomic E-state index is -0.148. The van der Waals surface area contributed by atoms with Gasteiger partial charge in [0.05, 0.1) is 17.8 Å². The lowest BCUT2D eigenvalue weighted by molar-refractivity contribution is -0.109. The highest BCUT2D eigenvalue weighted by molar-refractivity contribution is 6.03. The molecular formula is C14H20N2O. The normalized spacial score (nSPS) is 12.4. The molecule has 0 atom stereocenters. The molecule has 1 aromatic carbocycles. The Morgan fingerprint density at radius 2 is 1.88 bits per heavy atom. The minimum Gasteiger partial charge on any atom is -0.353 e. The number of carbonyl (C=O) groups is 1. The summed E-state index contributed by atoms with van der Waals surface area (Å²) in [5, 5.41) is 2.67. The van der Waals surface area contributed by atoms with Gasteiger partial charge in [0.15, 0.2) is 0 Å². The summed E-state index contributed by atoms with van der Waals surface area (Å²) in [6, 6.07) is 8.17. The first kappa shape index (κ1) is 13.4. The van der Waals surface area contributed by atoms with Crippen molar-refractivity contribution in [2.24, 2.45) is 4.99 Å². The smallest absolute Gasteiger partial charge is 0.207 e. The van der Waals surface area contributed by atoms with Gasteiger partial charge in [0.25, 0.3) is 0 Å². The van der Waals surface area contributed by atoms with E-state index in [1.54, 1.807) is 0 Å². The number of hydrogen-bond acceptors (Lipinski definition) is 2. The average Bonchev–Trinajstić information content (AvgIpc) is 2.24. The van der Waals surface area contributed by atoms with E-state index in [1.165, 1.54) is 5.56 Å². The van der Waals surface area contributed by atoms with Crippen LogP contribution in [0.3, 0.4) is 0 Å². The Morgan fingerprint density at radius 1 is 1.29 bits per heavy atom. The lowest BCUT2D eigenvalue weighted by Crippen LogP contribution is -2.25. The van der Waals surface area contributed by atoms with Gasteiger partial charge in [0.1, 0.15) is 0 Å². The van der Waals surface area contributed by atoms with Crippen LogP contribution in [0, 0.1) is 6.92 Å². The molecule has 0 saturated carbocycles. The Balaban J connectivity index is 3.01. The van der Waals surface area contributed by atoms with Crippen LogP contribution in [0.2, 0.25) is 0 Å². The summed E-state index contributed by atoms with van der Waals surface area (Å²) in [4.78, 5) is 15.0. The summed E-state index contributed by atoms with van der Waals surface area (Å²) in [5.41, 5.74) is 3.03. The molecule has 3 nitrogen and oxygen atoms in total. The summed E-state index contributed by atoms with van der Waals surface area (Å²) in [6.45, 7) is 8.64. The van der Waals surface area contributed by atoms with Crippen LogP contribution in [-0.2, 0) is 4.79 Å². The maximum atomic E-state index is 10.4. The molecule has 0 fully saturated rings. The number of hydrogen-bond donors (Lipinski definition) is 1. The number of amides is 1. The third kappa shape index (κ3) is 4.81. The molecule has 1 N–H and O–H groups in total. The van der Waals surface area contributed by atoms with Gasteiger partial charge in [-0.2, -0.15) is 0 Å². The largest absolute Gasteiger partial charge is 0.353 e. The molecule has 0 unspecified atom stereocenters. The molecular weight excluding hydrogens is 212 g/mol. The summed E-state index contributed by atoms with van der Waals surface area (Å²) in [6.07, 6.45) is 0.701. The van der Waals surface area contributed by atoms with Crippen LogP contribution < -0.4 is 5.32 Å². The zero-order valence-corrected chi connectivity index (χ0v) is 10.9. The van der Waals surface area contributed by atoms with Gasteiger partial charge in [0, 0.05) is 0 Å². The molecule has 17 heavy (non-hydrogen) atoms. The highest BCUT2D eigenvalue weighted by Crippen LogP contribution is 2.11. The first-order chi connectivity index (χ1) is 7.92. The van der Waals surface area contributed by atoms with Crippen LogP contribution in [0.15, 0.2) is 29.3 Å². The van der Waals surface area contributed by atoms with E-state index in [1.807, 2.05) is 39.8 Å². The molecule has 92 valence electrons. The zero-order valence-electron chi connectivity index (χ0n) is 10.9. The van der Waals surface area contributed by atoms with Gasteiger partial charge >= 0.3 is 0 Å². The van der Waals surface area contributed by atoms with E-state index in [9.17, 15) is 4.79 Å². The first-order valence-corrected chi connectivity index (χ1v) is 5.75. The fraction of sp³-hybridized carbons (Fsp3) is 0.429. The molecule has 1 aromatic rings. The summed E-state index contributed by atoms with van der Waals surface area (Å²) < 4.78 is 0. The van der Waals surface area contributed by atoms with Crippen LogP contribution in [0.5, 0.6) is 0 Å². The highest BCUT2D eigenvalue weighted by Gasteiger charge is 2.11. The van der Waals surface area contributed by atoms with Crippen molar-refractivity contribution >= 4 is 12.1 Å². The van der Waals surface area contributed by atoms with Gasteiger partial charge in [-0.05, 0) is 33.3 Å². The second-order valence-electron chi connectivity index (χ2n) is 5.09. The fourth-order valence-corrected chi connectivity index (χ4v) is 1.50. The summed E-state index contributed by atoms with van der Waals surface area (Å²) in [5.74, 6) is 0. The predicted molar refractivity (Wildman–Crippen MR) is 71.5 cm³/mol. The molecule has 0 heterocycles. The van der Waals surface area contributed by atoms with Crippen LogP contribution in [0.4, 0.5) is 0 Å². The number of nitrogens with zero attached hydrogens (tertiary/aromatic N) is 1. The Morgan fingerprint density at radius 3 is 2.35 bits per heavy atom. The Kier molecular flexibility index (Phi) is 4.44. The Hall–Kier alpha value is -1.64. The SMILES string of the molecule is Cc1ccc(C(CNC=O)=NC(C)(C)C)cc1. The molecule has 0 aliphatic carbocycles.